The number of carbonyl (C=O) groups is 1. The Labute approximate surface area is 111 Å². The van der Waals surface area contributed by atoms with Crippen molar-refractivity contribution in [2.75, 3.05) is 10.6 Å². The maximum Gasteiger partial charge on any atom is 0.225 e. The van der Waals surface area contributed by atoms with Crippen LogP contribution < -0.4 is 5.32 Å². The molecule has 0 saturated carbocycles. The molecule has 1 rings (SSSR count). The molecule has 1 heterocycles. The summed E-state index contributed by atoms with van der Waals surface area (Å²) < 4.78 is 0. The van der Waals surface area contributed by atoms with E-state index in [0.717, 1.165) is 23.9 Å². The van der Waals surface area contributed by atoms with Gasteiger partial charge in [-0.05, 0) is 12.8 Å². The number of hydrogen-bond acceptors (Lipinski definition) is 2. The predicted molar refractivity (Wildman–Crippen MR) is 73.6 cm³/mol. The van der Waals surface area contributed by atoms with Crippen molar-refractivity contribution in [1.82, 2.24) is 10.2 Å². The van der Waals surface area contributed by atoms with Crippen LogP contribution in [-0.2, 0) is 10.2 Å². The Kier molecular flexibility index (Phi) is 5.18. The molecular formula is C12H20BrN3O. The largest absolute Gasteiger partial charge is 0.309 e. The first kappa shape index (κ1) is 14.2. The summed E-state index contributed by atoms with van der Waals surface area (Å²) in [5.41, 5.74) is 1.04. The Morgan fingerprint density at radius 3 is 2.71 bits per heavy atom. The molecule has 1 aromatic rings. The molecular weight excluding hydrogens is 282 g/mol. The van der Waals surface area contributed by atoms with Crippen LogP contribution in [0.2, 0.25) is 0 Å². The monoisotopic (exact) mass is 301 g/mol. The third-order valence-electron chi connectivity index (χ3n) is 2.44. The Hall–Kier alpha value is -0.840. The van der Waals surface area contributed by atoms with Crippen LogP contribution in [-0.4, -0.2) is 21.4 Å². The van der Waals surface area contributed by atoms with E-state index in [9.17, 15) is 4.79 Å². The van der Waals surface area contributed by atoms with Gasteiger partial charge in [0.2, 0.25) is 5.91 Å². The van der Waals surface area contributed by atoms with E-state index in [1.54, 1.807) is 0 Å². The van der Waals surface area contributed by atoms with Crippen molar-refractivity contribution >= 4 is 27.7 Å². The molecule has 17 heavy (non-hydrogen) atoms. The van der Waals surface area contributed by atoms with Gasteiger partial charge in [-0.3, -0.25) is 9.89 Å². The number of aromatic nitrogens is 2. The van der Waals surface area contributed by atoms with Gasteiger partial charge >= 0.3 is 0 Å². The molecule has 0 radical (unpaired) electrons. The van der Waals surface area contributed by atoms with E-state index in [0.29, 0.717) is 12.2 Å². The Morgan fingerprint density at radius 1 is 1.47 bits per heavy atom. The van der Waals surface area contributed by atoms with Crippen LogP contribution in [0.15, 0.2) is 6.07 Å². The van der Waals surface area contributed by atoms with E-state index in [-0.39, 0.29) is 11.3 Å². The molecule has 0 saturated heterocycles. The first-order valence-corrected chi connectivity index (χ1v) is 6.97. The van der Waals surface area contributed by atoms with Crippen molar-refractivity contribution in [2.45, 2.75) is 45.4 Å². The molecule has 0 aliphatic carbocycles. The summed E-state index contributed by atoms with van der Waals surface area (Å²) in [4.78, 5) is 11.6. The number of anilines is 1. The summed E-state index contributed by atoms with van der Waals surface area (Å²) in [5, 5.41) is 10.8. The molecule has 0 spiro atoms. The topological polar surface area (TPSA) is 57.8 Å². The number of H-pyrrole nitrogens is 1. The van der Waals surface area contributed by atoms with Crippen molar-refractivity contribution < 1.29 is 4.79 Å². The standard InChI is InChI=1S/C12H20BrN3O/c1-12(2,3)9-8-10(16-15-9)14-11(17)6-4-5-7-13/h8H,4-7H2,1-3H3,(H2,14,15,16,17). The molecule has 1 amide bonds. The molecule has 1 aromatic heterocycles. The number of halogens is 1. The van der Waals surface area contributed by atoms with Gasteiger partial charge in [0.25, 0.3) is 0 Å². The van der Waals surface area contributed by atoms with Gasteiger partial charge in [-0.15, -0.1) is 0 Å². The number of hydrogen-bond donors (Lipinski definition) is 2. The molecule has 0 aliphatic heterocycles. The highest BCUT2D eigenvalue weighted by Crippen LogP contribution is 2.21. The van der Waals surface area contributed by atoms with E-state index in [1.165, 1.54) is 0 Å². The highest BCUT2D eigenvalue weighted by molar-refractivity contribution is 9.09. The van der Waals surface area contributed by atoms with Gasteiger partial charge in [-0.25, -0.2) is 0 Å². The van der Waals surface area contributed by atoms with E-state index in [2.05, 4.69) is 52.2 Å². The zero-order valence-electron chi connectivity index (χ0n) is 10.6. The highest BCUT2D eigenvalue weighted by Gasteiger charge is 2.17. The number of alkyl halides is 1. The summed E-state index contributed by atoms with van der Waals surface area (Å²) in [6.45, 7) is 6.30. The van der Waals surface area contributed by atoms with Gasteiger partial charge in [0.15, 0.2) is 5.82 Å². The second-order valence-corrected chi connectivity index (χ2v) is 5.90. The summed E-state index contributed by atoms with van der Waals surface area (Å²) in [7, 11) is 0. The minimum atomic E-state index is 0.0198. The van der Waals surface area contributed by atoms with Crippen molar-refractivity contribution in [1.29, 1.82) is 0 Å². The predicted octanol–water partition coefficient (Wildman–Crippen LogP) is 3.21. The lowest BCUT2D eigenvalue weighted by Gasteiger charge is -2.14. The van der Waals surface area contributed by atoms with Crippen LogP contribution in [0, 0.1) is 0 Å². The molecule has 0 unspecified atom stereocenters. The molecule has 0 aliphatic rings. The smallest absolute Gasteiger partial charge is 0.225 e. The molecule has 0 bridgehead atoms. The van der Waals surface area contributed by atoms with Gasteiger partial charge in [0.05, 0.1) is 0 Å². The lowest BCUT2D eigenvalue weighted by atomic mass is 9.92. The van der Waals surface area contributed by atoms with Crippen molar-refractivity contribution in [3.63, 3.8) is 0 Å². The van der Waals surface area contributed by atoms with Crippen LogP contribution in [0.4, 0.5) is 5.82 Å². The van der Waals surface area contributed by atoms with Gasteiger partial charge in [0, 0.05) is 28.9 Å². The molecule has 4 nitrogen and oxygen atoms in total. The van der Waals surface area contributed by atoms with E-state index in [4.69, 9.17) is 0 Å². The maximum atomic E-state index is 11.6. The zero-order valence-corrected chi connectivity index (χ0v) is 12.2. The molecule has 5 heteroatoms. The van der Waals surface area contributed by atoms with Gasteiger partial charge in [-0.1, -0.05) is 36.7 Å². The molecule has 2 N–H and O–H groups in total. The summed E-state index contributed by atoms with van der Waals surface area (Å²) in [5.74, 6) is 0.636. The summed E-state index contributed by atoms with van der Waals surface area (Å²) in [6.07, 6.45) is 2.46. The third-order valence-corrected chi connectivity index (χ3v) is 3.00. The van der Waals surface area contributed by atoms with E-state index in [1.807, 2.05) is 6.07 Å². The first-order chi connectivity index (χ1) is 7.93. The number of amides is 1. The Balaban J connectivity index is 2.46. The van der Waals surface area contributed by atoms with Gasteiger partial charge < -0.3 is 5.32 Å². The average Bonchev–Trinajstić information content (AvgIpc) is 2.66. The van der Waals surface area contributed by atoms with Crippen LogP contribution in [0.25, 0.3) is 0 Å². The van der Waals surface area contributed by atoms with Gasteiger partial charge in [-0.2, -0.15) is 5.10 Å². The van der Waals surface area contributed by atoms with Crippen molar-refractivity contribution in [2.24, 2.45) is 0 Å². The fourth-order valence-electron chi connectivity index (χ4n) is 1.36. The van der Waals surface area contributed by atoms with Crippen molar-refractivity contribution in [3.05, 3.63) is 11.8 Å². The summed E-state index contributed by atoms with van der Waals surface area (Å²) in [6, 6.07) is 1.89. The number of nitrogens with one attached hydrogen (secondary N) is 2. The normalized spacial score (nSPS) is 11.5. The zero-order chi connectivity index (χ0) is 12.9. The second kappa shape index (κ2) is 6.19. The number of aromatic amines is 1. The molecule has 0 atom stereocenters. The second-order valence-electron chi connectivity index (χ2n) is 5.11. The number of unbranched alkanes of at least 4 members (excludes halogenated alkanes) is 1. The number of nitrogens with zero attached hydrogens (tertiary/aromatic N) is 1. The van der Waals surface area contributed by atoms with Crippen molar-refractivity contribution in [3.8, 4) is 0 Å². The minimum Gasteiger partial charge on any atom is -0.309 e. The van der Waals surface area contributed by atoms with E-state index < -0.39 is 0 Å². The molecule has 0 fully saturated rings. The Morgan fingerprint density at radius 2 is 2.18 bits per heavy atom. The number of rotatable bonds is 5. The maximum absolute atomic E-state index is 11.6. The SMILES string of the molecule is CC(C)(C)c1cc(NC(=O)CCCCBr)n[nH]1. The fourth-order valence-corrected chi connectivity index (χ4v) is 1.75. The molecule has 0 aromatic carbocycles. The quantitative estimate of drug-likeness (QED) is 0.648. The summed E-state index contributed by atoms with van der Waals surface area (Å²) >= 11 is 3.34. The third kappa shape index (κ3) is 4.89. The van der Waals surface area contributed by atoms with Crippen LogP contribution in [0.1, 0.15) is 45.7 Å². The van der Waals surface area contributed by atoms with Crippen LogP contribution in [0.3, 0.4) is 0 Å². The minimum absolute atomic E-state index is 0.0198. The van der Waals surface area contributed by atoms with E-state index >= 15 is 0 Å². The number of carbonyl (C=O) groups excluding carboxylic acids is 1. The lowest BCUT2D eigenvalue weighted by molar-refractivity contribution is -0.116. The lowest BCUT2D eigenvalue weighted by Crippen LogP contribution is -2.12. The van der Waals surface area contributed by atoms with Gasteiger partial charge in [0.1, 0.15) is 0 Å². The Bertz CT molecular complexity index is 368. The fraction of sp³-hybridized carbons (Fsp3) is 0.667. The highest BCUT2D eigenvalue weighted by atomic mass is 79.9. The molecule has 96 valence electrons. The average molecular weight is 302 g/mol. The van der Waals surface area contributed by atoms with Crippen LogP contribution in [0.5, 0.6) is 0 Å². The first-order valence-electron chi connectivity index (χ1n) is 5.85. The van der Waals surface area contributed by atoms with Crippen LogP contribution >= 0.6 is 15.9 Å².